The van der Waals surface area contributed by atoms with Crippen LogP contribution >= 0.6 is 7.14 Å². The molecule has 0 radical (unpaired) electrons. The molecule has 1 N–H and O–H groups in total. The summed E-state index contributed by atoms with van der Waals surface area (Å²) < 4.78 is 51.0. The number of aryl methyl sites for hydroxylation is 3. The van der Waals surface area contributed by atoms with Gasteiger partial charge in [-0.05, 0) is 164 Å². The number of para-hydroxylation sites is 3. The van der Waals surface area contributed by atoms with Crippen LogP contribution in [-0.2, 0) is 65.9 Å². The van der Waals surface area contributed by atoms with Crippen LogP contribution in [0.2, 0.25) is 54.4 Å². The van der Waals surface area contributed by atoms with E-state index in [0.29, 0.717) is 32.1 Å². The molecule has 9 rings (SSSR count). The molecule has 6 aliphatic rings. The predicted molar refractivity (Wildman–Crippen MR) is 433 cm³/mol. The smallest absolute Gasteiger partial charge is 0.192 e. The zero-order valence-corrected chi connectivity index (χ0v) is 72.4. The molecule has 18 heteroatoms. The number of allylic oxidation sites excluding steroid dienone is 1. The van der Waals surface area contributed by atoms with Crippen LogP contribution in [-0.4, -0.2) is 128 Å². The molecule has 14 nitrogen and oxygen atoms in total. The van der Waals surface area contributed by atoms with Gasteiger partial charge in [0.2, 0.25) is 0 Å². The van der Waals surface area contributed by atoms with E-state index in [0.717, 1.165) is 92.4 Å². The highest BCUT2D eigenvalue weighted by molar-refractivity contribution is 7.63. The van der Waals surface area contributed by atoms with Crippen LogP contribution in [0.1, 0.15) is 233 Å². The second-order valence-electron chi connectivity index (χ2n) is 35.8. The van der Waals surface area contributed by atoms with Gasteiger partial charge in [-0.1, -0.05) is 137 Å². The molecule has 105 heavy (non-hydrogen) atoms. The Labute approximate surface area is 635 Å². The second kappa shape index (κ2) is 37.4. The fourth-order valence-corrected chi connectivity index (χ4v) is 19.9. The molecule has 3 aliphatic carbocycles. The lowest BCUT2D eigenvalue weighted by atomic mass is 9.86. The van der Waals surface area contributed by atoms with Crippen LogP contribution in [0, 0.1) is 53.3 Å². The van der Waals surface area contributed by atoms with E-state index < -0.39 is 32.1 Å². The van der Waals surface area contributed by atoms with Gasteiger partial charge in [-0.2, -0.15) is 0 Å². The van der Waals surface area contributed by atoms with Crippen LogP contribution < -0.4 is 14.2 Å². The highest BCUT2D eigenvalue weighted by Crippen LogP contribution is 2.57. The summed E-state index contributed by atoms with van der Waals surface area (Å²) in [5.74, 6) is 15.5. The number of aliphatic hydroxyl groups excluding tert-OH is 1. The lowest BCUT2D eigenvalue weighted by Crippen LogP contribution is -2.45. The predicted octanol–water partition coefficient (Wildman–Crippen LogP) is 19.2. The summed E-state index contributed by atoms with van der Waals surface area (Å²) in [5, 5.41) is 10.6. The Kier molecular flexibility index (Phi) is 31.5. The molecule has 3 aromatic carbocycles. The molecule has 3 fully saturated rings. The number of carbonyl (C=O) groups excluding carboxylic acids is 6. The fraction of sp³-hybridized carbons (Fsp3) is 0.655. The molecule has 0 bridgehead atoms. The molecule has 0 unspecified atom stereocenters. The SMILES string of the molecule is CC#CC[C@H](C)C(=O)/C=C/[C@@H]1[C@H]2c3cccc(CCCC(C)=O)c3O[C@H]2C[C@H]1O[Si](C)(C)C(C)(C)C.CC#CC[C@H](C)C(=O)CP(C)(C)=O.CC(=O)CCCc1cccc2c1O[C@H]1C[C@@H](O[Si](C)(C)C(C)(C)C)[C@H](C=O)[C@@H]21.CC(=O)CCCc1cccc2c1O[C@H]1C[C@@H](O[Si](C)(C)C(C)(C)C)[C@H](CO)[C@@H]21. The molecule has 0 spiro atoms. The first-order chi connectivity index (χ1) is 48.8. The first kappa shape index (κ1) is 88.6. The van der Waals surface area contributed by atoms with Gasteiger partial charge in [0.25, 0.3) is 0 Å². The van der Waals surface area contributed by atoms with Crippen molar-refractivity contribution in [2.75, 3.05) is 26.1 Å². The van der Waals surface area contributed by atoms with Crippen molar-refractivity contribution >= 4 is 67.3 Å². The third-order valence-corrected chi connectivity index (χ3v) is 38.3. The third-order valence-electron chi connectivity index (χ3n) is 23.8. The summed E-state index contributed by atoms with van der Waals surface area (Å²) in [6, 6.07) is 19.0. The molecule has 580 valence electrons. The molecular weight excluding hydrogens is 1380 g/mol. The van der Waals surface area contributed by atoms with Crippen molar-refractivity contribution in [3.8, 4) is 40.9 Å². The van der Waals surface area contributed by atoms with Crippen molar-refractivity contribution in [1.29, 1.82) is 0 Å². The van der Waals surface area contributed by atoms with Gasteiger partial charge in [-0.25, -0.2) is 0 Å². The van der Waals surface area contributed by atoms with Crippen LogP contribution in [0.5, 0.6) is 17.2 Å². The number of carbonyl (C=O) groups is 6. The van der Waals surface area contributed by atoms with Gasteiger partial charge >= 0.3 is 0 Å². The zero-order chi connectivity index (χ0) is 78.5. The Hall–Kier alpha value is -5.34. The largest absolute Gasteiger partial charge is 0.489 e. The van der Waals surface area contributed by atoms with E-state index in [9.17, 15) is 38.4 Å². The Morgan fingerprint density at radius 2 is 0.895 bits per heavy atom. The van der Waals surface area contributed by atoms with E-state index in [-0.39, 0.29) is 141 Å². The fourth-order valence-electron chi connectivity index (χ4n) is 14.7. The number of hydrogen-bond donors (Lipinski definition) is 1. The van der Waals surface area contributed by atoms with Crippen LogP contribution in [0.4, 0.5) is 0 Å². The highest BCUT2D eigenvalue weighted by atomic mass is 31.2. The lowest BCUT2D eigenvalue weighted by molar-refractivity contribution is -0.120. The second-order valence-corrected chi connectivity index (χ2v) is 53.6. The number of ether oxygens (including phenoxy) is 3. The van der Waals surface area contributed by atoms with Crippen molar-refractivity contribution in [1.82, 2.24) is 0 Å². The molecule has 0 amide bonds. The van der Waals surface area contributed by atoms with Gasteiger partial charge in [-0.3, -0.25) is 9.59 Å². The number of benzene rings is 3. The average Bonchev–Trinajstić information content (AvgIpc) is 1.61. The number of hydrogen-bond acceptors (Lipinski definition) is 14. The number of fused-ring (bicyclic) bond motifs is 9. The number of rotatable bonds is 28. The summed E-state index contributed by atoms with van der Waals surface area (Å²) in [5.41, 5.74) is 7.09. The average molecular weight is 1520 g/mol. The molecule has 3 saturated carbocycles. The van der Waals surface area contributed by atoms with Crippen LogP contribution in [0.15, 0.2) is 66.7 Å². The van der Waals surface area contributed by atoms with Crippen LogP contribution in [0.3, 0.4) is 0 Å². The third kappa shape index (κ3) is 23.4. The maximum absolute atomic E-state index is 12.9. The standard InChI is InChI=1S/C31H44O4Si.C23H36O4Si.C23H34O4Si.C10H17O2P/c1-9-10-13-21(2)26(33)19-18-24-27(35-36(7,8)31(4,5)6)20-28-29(24)25-17-12-16-23(30(25)34-28)15-11-14-22(3)32;2*1-15(25)9-7-10-16-11-8-12-17-21-18(14-24)19(13-20(21)26-22(16)17)27-28(5,6)23(2,3)4;1-5-6-7-9(2)10(11)8-13(3,4)12/h12,16-19,21,24,27-29H,11,13-15,20H2,1-8H3;8,11-12,18-21,24H,7,9-10,13-14H2,1-6H3;8,11-12,14,18-21H,7,9-10,13H2,1-6H3;9H,7-8H2,1-4H3/b19-18+;;;/t21-,24-,27+,28-,29-;2*18-,19+,20-,21+;9-/m0000/s1. The first-order valence-electron chi connectivity index (χ1n) is 38.8. The van der Waals surface area contributed by atoms with Crippen molar-refractivity contribution in [3.63, 3.8) is 0 Å². The first-order valence-corrected chi connectivity index (χ1v) is 50.3. The number of aldehydes is 1. The minimum atomic E-state index is -2.21. The van der Waals surface area contributed by atoms with E-state index in [1.807, 2.05) is 13.8 Å². The summed E-state index contributed by atoms with van der Waals surface area (Å²) in [6.07, 6.45) is 15.7. The Bertz CT molecular complexity index is 3730. The number of ketones is 5. The van der Waals surface area contributed by atoms with E-state index in [2.05, 4.69) is 186 Å². The summed E-state index contributed by atoms with van der Waals surface area (Å²) in [7, 11) is -8.07. The van der Waals surface area contributed by atoms with Gasteiger partial charge < -0.3 is 56.3 Å². The molecule has 3 aliphatic heterocycles. The van der Waals surface area contributed by atoms with Crippen LogP contribution in [0.25, 0.3) is 0 Å². The Morgan fingerprint density at radius 3 is 1.25 bits per heavy atom. The molecule has 3 aromatic rings. The maximum Gasteiger partial charge on any atom is 0.192 e. The van der Waals surface area contributed by atoms with Crippen molar-refractivity contribution < 1.29 is 65.9 Å². The number of aliphatic hydroxyl groups is 1. The summed E-state index contributed by atoms with van der Waals surface area (Å²) in [4.78, 5) is 70.3. The monoisotopic (exact) mass is 1510 g/mol. The van der Waals surface area contributed by atoms with Crippen molar-refractivity contribution in [2.24, 2.45) is 29.6 Å². The van der Waals surface area contributed by atoms with E-state index in [4.69, 9.17) is 27.5 Å². The van der Waals surface area contributed by atoms with Crippen molar-refractivity contribution in [2.45, 2.75) is 309 Å². The molecule has 14 atom stereocenters. The zero-order valence-electron chi connectivity index (χ0n) is 68.5. The normalized spacial score (nSPS) is 24.0. The summed E-state index contributed by atoms with van der Waals surface area (Å²) >= 11 is 0. The number of Topliss-reactive ketones (excluding diaryl/α,β-unsaturated/α-hetero) is 4. The Morgan fingerprint density at radius 1 is 0.552 bits per heavy atom. The molecule has 3 heterocycles. The van der Waals surface area contributed by atoms with Gasteiger partial charge in [0.05, 0.1) is 37.5 Å². The van der Waals surface area contributed by atoms with Gasteiger partial charge in [0.15, 0.2) is 30.7 Å². The van der Waals surface area contributed by atoms with E-state index >= 15 is 0 Å². The minimum Gasteiger partial charge on any atom is -0.489 e. The van der Waals surface area contributed by atoms with Gasteiger partial charge in [-0.15, -0.1) is 23.7 Å². The molecular formula is C87H131O14PSi3. The van der Waals surface area contributed by atoms with E-state index in [1.165, 1.54) is 22.3 Å². The Balaban J connectivity index is 0.000000229. The topological polar surface area (TPSA) is 195 Å². The summed E-state index contributed by atoms with van der Waals surface area (Å²) in [6.45, 7) is 49.5. The molecule has 0 saturated heterocycles. The van der Waals surface area contributed by atoms with Gasteiger partial charge in [0, 0.05) is 116 Å². The van der Waals surface area contributed by atoms with Gasteiger partial charge in [0.1, 0.15) is 65.0 Å². The highest BCUT2D eigenvalue weighted by Gasteiger charge is 2.56. The minimum absolute atomic E-state index is 0.00826. The van der Waals surface area contributed by atoms with Crippen molar-refractivity contribution in [3.05, 3.63) is 100 Å². The maximum atomic E-state index is 12.9. The quantitative estimate of drug-likeness (QED) is 0.0237. The lowest BCUT2D eigenvalue weighted by Gasteiger charge is -2.40. The molecule has 0 aromatic heterocycles. The van der Waals surface area contributed by atoms with E-state index in [1.54, 1.807) is 54.0 Å².